The summed E-state index contributed by atoms with van der Waals surface area (Å²) in [4.78, 5) is 6.75. The third kappa shape index (κ3) is 5.77. The standard InChI is InChI=1S/C25H32N6O2/c1-26-25(27-12-9-19-5-7-21(8-6-19)31-13-4-11-28-31)29-20-10-14-30(18-20)22-15-23(32-2)17-24(16-22)33-3/h4-8,11,13,15-17,20H,9-10,12,14,18H2,1-3H3,(H2,26,27,29). The number of hydrogen-bond donors (Lipinski definition) is 2. The SMILES string of the molecule is CN=C(NCCc1ccc(-n2cccn2)cc1)NC1CCN(c2cc(OC)cc(OC)c2)C1. The Morgan fingerprint density at radius 2 is 1.85 bits per heavy atom. The molecular formula is C25H32N6O2. The Kier molecular flexibility index (Phi) is 7.34. The van der Waals surface area contributed by atoms with Crippen LogP contribution in [0.5, 0.6) is 11.5 Å². The zero-order chi connectivity index (χ0) is 23.0. The average molecular weight is 449 g/mol. The van der Waals surface area contributed by atoms with E-state index in [1.165, 1.54) is 5.56 Å². The summed E-state index contributed by atoms with van der Waals surface area (Å²) in [5.74, 6) is 2.44. The fourth-order valence-electron chi connectivity index (χ4n) is 4.04. The second kappa shape index (κ2) is 10.8. The minimum atomic E-state index is 0.321. The molecule has 1 aliphatic rings. The van der Waals surface area contributed by atoms with Crippen LogP contribution >= 0.6 is 0 Å². The van der Waals surface area contributed by atoms with E-state index in [1.807, 2.05) is 30.1 Å². The summed E-state index contributed by atoms with van der Waals surface area (Å²) < 4.78 is 12.7. The molecule has 0 radical (unpaired) electrons. The summed E-state index contributed by atoms with van der Waals surface area (Å²) in [6, 6.07) is 16.7. The first-order valence-corrected chi connectivity index (χ1v) is 11.2. The van der Waals surface area contributed by atoms with E-state index < -0.39 is 0 Å². The predicted molar refractivity (Wildman–Crippen MR) is 132 cm³/mol. The van der Waals surface area contributed by atoms with Crippen LogP contribution in [0.25, 0.3) is 5.69 Å². The van der Waals surface area contributed by atoms with Gasteiger partial charge in [0.25, 0.3) is 0 Å². The molecule has 33 heavy (non-hydrogen) atoms. The van der Waals surface area contributed by atoms with Gasteiger partial charge in [-0.2, -0.15) is 5.10 Å². The van der Waals surface area contributed by atoms with Gasteiger partial charge in [0.05, 0.1) is 19.9 Å². The van der Waals surface area contributed by atoms with Crippen molar-refractivity contribution < 1.29 is 9.47 Å². The number of rotatable bonds is 8. The molecule has 1 aromatic heterocycles. The first-order valence-electron chi connectivity index (χ1n) is 11.2. The van der Waals surface area contributed by atoms with Gasteiger partial charge in [-0.1, -0.05) is 12.1 Å². The molecule has 4 rings (SSSR count). The average Bonchev–Trinajstić information content (AvgIpc) is 3.56. The number of nitrogens with zero attached hydrogens (tertiary/aromatic N) is 4. The number of aromatic nitrogens is 2. The van der Waals surface area contributed by atoms with E-state index >= 15 is 0 Å². The summed E-state index contributed by atoms with van der Waals surface area (Å²) in [5, 5.41) is 11.3. The Balaban J connectivity index is 1.26. The van der Waals surface area contributed by atoms with Crippen LogP contribution in [0.1, 0.15) is 12.0 Å². The van der Waals surface area contributed by atoms with Crippen LogP contribution in [-0.4, -0.2) is 62.7 Å². The first-order chi connectivity index (χ1) is 16.2. The lowest BCUT2D eigenvalue weighted by atomic mass is 10.1. The molecule has 2 aromatic carbocycles. The van der Waals surface area contributed by atoms with Crippen LogP contribution in [0, 0.1) is 0 Å². The van der Waals surface area contributed by atoms with E-state index in [0.717, 1.165) is 61.3 Å². The van der Waals surface area contributed by atoms with E-state index in [4.69, 9.17) is 9.47 Å². The second-order valence-corrected chi connectivity index (χ2v) is 8.01. The van der Waals surface area contributed by atoms with Crippen molar-refractivity contribution in [3.8, 4) is 17.2 Å². The number of aliphatic imine (C=N–C) groups is 1. The highest BCUT2D eigenvalue weighted by Gasteiger charge is 2.24. The normalized spacial score (nSPS) is 16.0. The Hall–Kier alpha value is -3.68. The van der Waals surface area contributed by atoms with E-state index in [9.17, 15) is 0 Å². The van der Waals surface area contributed by atoms with Gasteiger partial charge >= 0.3 is 0 Å². The summed E-state index contributed by atoms with van der Waals surface area (Å²) in [5.41, 5.74) is 3.44. The molecule has 0 saturated carbocycles. The van der Waals surface area contributed by atoms with Gasteiger partial charge in [-0.3, -0.25) is 4.99 Å². The van der Waals surface area contributed by atoms with Gasteiger partial charge in [0.15, 0.2) is 5.96 Å². The van der Waals surface area contributed by atoms with Crippen molar-refractivity contribution in [2.45, 2.75) is 18.9 Å². The molecule has 0 amide bonds. The lowest BCUT2D eigenvalue weighted by molar-refractivity contribution is 0.394. The van der Waals surface area contributed by atoms with Crippen molar-refractivity contribution in [1.82, 2.24) is 20.4 Å². The first kappa shape index (κ1) is 22.5. The highest BCUT2D eigenvalue weighted by molar-refractivity contribution is 5.80. The fraction of sp³-hybridized carbons (Fsp3) is 0.360. The maximum Gasteiger partial charge on any atom is 0.191 e. The number of anilines is 1. The Morgan fingerprint density at radius 1 is 1.09 bits per heavy atom. The fourth-order valence-corrected chi connectivity index (χ4v) is 4.04. The number of benzene rings is 2. The highest BCUT2D eigenvalue weighted by Crippen LogP contribution is 2.30. The number of methoxy groups -OCH3 is 2. The number of ether oxygens (including phenoxy) is 2. The molecule has 2 N–H and O–H groups in total. The number of hydrogen-bond acceptors (Lipinski definition) is 5. The largest absolute Gasteiger partial charge is 0.497 e. The zero-order valence-corrected chi connectivity index (χ0v) is 19.5. The quantitative estimate of drug-likeness (QED) is 0.408. The Bertz CT molecular complexity index is 1030. The maximum atomic E-state index is 5.42. The third-order valence-electron chi connectivity index (χ3n) is 5.87. The van der Waals surface area contributed by atoms with Crippen LogP contribution in [0.4, 0.5) is 5.69 Å². The van der Waals surface area contributed by atoms with Crippen LogP contribution in [0.3, 0.4) is 0 Å². The molecule has 1 atom stereocenters. The zero-order valence-electron chi connectivity index (χ0n) is 19.5. The number of guanidine groups is 1. The topological polar surface area (TPSA) is 75.9 Å². The van der Waals surface area contributed by atoms with Crippen molar-refractivity contribution in [3.63, 3.8) is 0 Å². The van der Waals surface area contributed by atoms with Gasteiger partial charge < -0.3 is 25.0 Å². The monoisotopic (exact) mass is 448 g/mol. The maximum absolute atomic E-state index is 5.42. The summed E-state index contributed by atoms with van der Waals surface area (Å²) in [6.45, 7) is 2.67. The van der Waals surface area contributed by atoms with E-state index in [-0.39, 0.29) is 0 Å². The second-order valence-electron chi connectivity index (χ2n) is 8.01. The van der Waals surface area contributed by atoms with Crippen LogP contribution < -0.4 is 25.0 Å². The molecule has 1 aliphatic heterocycles. The molecule has 8 nitrogen and oxygen atoms in total. The van der Waals surface area contributed by atoms with Gasteiger partial charge in [-0.15, -0.1) is 0 Å². The van der Waals surface area contributed by atoms with E-state index in [2.05, 4.69) is 62.0 Å². The van der Waals surface area contributed by atoms with Gasteiger partial charge in [0.1, 0.15) is 11.5 Å². The van der Waals surface area contributed by atoms with Crippen molar-refractivity contribution >= 4 is 11.6 Å². The lowest BCUT2D eigenvalue weighted by Gasteiger charge is -2.21. The lowest BCUT2D eigenvalue weighted by Crippen LogP contribution is -2.45. The third-order valence-corrected chi connectivity index (χ3v) is 5.87. The molecule has 1 saturated heterocycles. The van der Waals surface area contributed by atoms with Crippen LogP contribution in [-0.2, 0) is 6.42 Å². The summed E-state index contributed by atoms with van der Waals surface area (Å²) in [6.07, 6.45) is 5.68. The minimum Gasteiger partial charge on any atom is -0.497 e. The molecular weight excluding hydrogens is 416 g/mol. The van der Waals surface area contributed by atoms with E-state index in [1.54, 1.807) is 20.4 Å². The van der Waals surface area contributed by atoms with Crippen molar-refractivity contribution in [2.75, 3.05) is 45.8 Å². The van der Waals surface area contributed by atoms with Crippen molar-refractivity contribution in [3.05, 3.63) is 66.5 Å². The van der Waals surface area contributed by atoms with Gasteiger partial charge in [-0.05, 0) is 36.6 Å². The molecule has 1 fully saturated rings. The Morgan fingerprint density at radius 3 is 2.48 bits per heavy atom. The molecule has 1 unspecified atom stereocenters. The predicted octanol–water partition coefficient (Wildman–Crippen LogP) is 2.88. The van der Waals surface area contributed by atoms with Gasteiger partial charge in [0.2, 0.25) is 0 Å². The molecule has 0 spiro atoms. The van der Waals surface area contributed by atoms with Crippen LogP contribution in [0.2, 0.25) is 0 Å². The minimum absolute atomic E-state index is 0.321. The molecule has 3 aromatic rings. The molecule has 8 heteroatoms. The number of nitrogens with one attached hydrogen (secondary N) is 2. The van der Waals surface area contributed by atoms with Gasteiger partial charge in [-0.25, -0.2) is 4.68 Å². The summed E-state index contributed by atoms with van der Waals surface area (Å²) >= 11 is 0. The van der Waals surface area contributed by atoms with Crippen molar-refractivity contribution in [2.24, 2.45) is 4.99 Å². The highest BCUT2D eigenvalue weighted by atomic mass is 16.5. The van der Waals surface area contributed by atoms with Crippen molar-refractivity contribution in [1.29, 1.82) is 0 Å². The Labute approximate surface area is 195 Å². The van der Waals surface area contributed by atoms with E-state index in [0.29, 0.717) is 6.04 Å². The molecule has 0 bridgehead atoms. The molecule has 174 valence electrons. The molecule has 2 heterocycles. The van der Waals surface area contributed by atoms with Crippen LogP contribution in [0.15, 0.2) is 65.9 Å². The smallest absolute Gasteiger partial charge is 0.191 e. The van der Waals surface area contributed by atoms with Gasteiger partial charge in [0, 0.05) is 69.0 Å². The molecule has 0 aliphatic carbocycles. The summed E-state index contributed by atoms with van der Waals surface area (Å²) in [7, 11) is 5.17.